The molecule has 0 aromatic carbocycles. The van der Waals surface area contributed by atoms with E-state index >= 15 is 0 Å². The minimum atomic E-state index is -0.907. The first-order valence-electron chi connectivity index (χ1n) is 6.81. The average Bonchev–Trinajstić information content (AvgIpc) is 3.03. The van der Waals surface area contributed by atoms with Crippen molar-refractivity contribution >= 4 is 27.8 Å². The van der Waals surface area contributed by atoms with Crippen molar-refractivity contribution < 1.29 is 4.21 Å². The summed E-state index contributed by atoms with van der Waals surface area (Å²) in [5.74, 6) is 1.14. The standard InChI is InChI=1S/C15H17N3OS2/c1-11-4-3-5-15-17-14(8-18(11)15)10-21(19)7-6-13-9-20-12(2)16-13/h3-5,8-9H,6-7,10H2,1-2H3. The van der Waals surface area contributed by atoms with Crippen molar-refractivity contribution in [1.29, 1.82) is 0 Å². The van der Waals surface area contributed by atoms with E-state index in [4.69, 9.17) is 0 Å². The quantitative estimate of drug-likeness (QED) is 0.726. The SMILES string of the molecule is Cc1nc(CCS(=O)Cc2cn3c(C)cccc3n2)cs1. The molecule has 3 heterocycles. The Morgan fingerprint density at radius 2 is 2.10 bits per heavy atom. The van der Waals surface area contributed by atoms with E-state index in [1.54, 1.807) is 11.3 Å². The average molecular weight is 319 g/mol. The number of imidazole rings is 1. The highest BCUT2D eigenvalue weighted by molar-refractivity contribution is 7.84. The third-order valence-corrected chi connectivity index (χ3v) is 5.41. The number of thiazole rings is 1. The summed E-state index contributed by atoms with van der Waals surface area (Å²) in [6, 6.07) is 6.00. The molecule has 0 aliphatic rings. The first kappa shape index (κ1) is 14.4. The van der Waals surface area contributed by atoms with E-state index in [-0.39, 0.29) is 0 Å². The van der Waals surface area contributed by atoms with E-state index < -0.39 is 10.8 Å². The molecule has 3 aromatic heterocycles. The summed E-state index contributed by atoms with van der Waals surface area (Å²) in [7, 11) is -0.907. The molecule has 6 heteroatoms. The molecule has 0 amide bonds. The van der Waals surface area contributed by atoms with E-state index in [1.807, 2.05) is 48.0 Å². The molecule has 3 aromatic rings. The van der Waals surface area contributed by atoms with Gasteiger partial charge in [0, 0.05) is 40.2 Å². The molecule has 0 aliphatic carbocycles. The highest BCUT2D eigenvalue weighted by Gasteiger charge is 2.08. The molecule has 1 unspecified atom stereocenters. The van der Waals surface area contributed by atoms with E-state index in [0.717, 1.165) is 34.2 Å². The summed E-state index contributed by atoms with van der Waals surface area (Å²) in [4.78, 5) is 8.93. The monoisotopic (exact) mass is 319 g/mol. The second-order valence-corrected chi connectivity index (χ2v) is 7.66. The fourth-order valence-electron chi connectivity index (χ4n) is 2.25. The maximum Gasteiger partial charge on any atom is 0.137 e. The van der Waals surface area contributed by atoms with Crippen molar-refractivity contribution in [3.63, 3.8) is 0 Å². The molecule has 0 radical (unpaired) electrons. The Hall–Kier alpha value is -1.53. The van der Waals surface area contributed by atoms with E-state index in [2.05, 4.69) is 9.97 Å². The Balaban J connectivity index is 1.64. The summed E-state index contributed by atoms with van der Waals surface area (Å²) in [6.45, 7) is 4.03. The van der Waals surface area contributed by atoms with Crippen molar-refractivity contribution in [3.05, 3.63) is 51.9 Å². The van der Waals surface area contributed by atoms with Gasteiger partial charge in [0.25, 0.3) is 0 Å². The van der Waals surface area contributed by atoms with Crippen molar-refractivity contribution in [2.24, 2.45) is 0 Å². The Bertz CT molecular complexity index is 791. The van der Waals surface area contributed by atoms with Gasteiger partial charge in [-0.3, -0.25) is 4.21 Å². The number of rotatable bonds is 5. The maximum atomic E-state index is 12.2. The van der Waals surface area contributed by atoms with Crippen LogP contribution in [0, 0.1) is 13.8 Å². The number of fused-ring (bicyclic) bond motifs is 1. The summed E-state index contributed by atoms with van der Waals surface area (Å²) in [6.07, 6.45) is 2.75. The molecule has 21 heavy (non-hydrogen) atoms. The minimum absolute atomic E-state index is 0.504. The van der Waals surface area contributed by atoms with Crippen LogP contribution in [0.25, 0.3) is 5.65 Å². The highest BCUT2D eigenvalue weighted by atomic mass is 32.2. The predicted octanol–water partition coefficient (Wildman–Crippen LogP) is 2.90. The Kier molecular flexibility index (Phi) is 4.17. The number of pyridine rings is 1. The topological polar surface area (TPSA) is 47.3 Å². The molecule has 0 fully saturated rings. The van der Waals surface area contributed by atoms with E-state index in [1.165, 1.54) is 0 Å². The normalized spacial score (nSPS) is 12.9. The van der Waals surface area contributed by atoms with E-state index in [9.17, 15) is 4.21 Å². The molecule has 0 bridgehead atoms. The second-order valence-electron chi connectivity index (χ2n) is 5.02. The van der Waals surface area contributed by atoms with E-state index in [0.29, 0.717) is 11.5 Å². The van der Waals surface area contributed by atoms with Gasteiger partial charge >= 0.3 is 0 Å². The number of aromatic nitrogens is 3. The zero-order valence-electron chi connectivity index (χ0n) is 12.1. The van der Waals surface area contributed by atoms with Gasteiger partial charge in [-0.05, 0) is 26.0 Å². The van der Waals surface area contributed by atoms with Crippen LogP contribution in [0.5, 0.6) is 0 Å². The summed E-state index contributed by atoms with van der Waals surface area (Å²) >= 11 is 1.64. The number of aryl methyl sites for hydroxylation is 3. The minimum Gasteiger partial charge on any atom is -0.304 e. The molecule has 3 rings (SSSR count). The van der Waals surface area contributed by atoms with Crippen LogP contribution in [0.1, 0.15) is 22.1 Å². The van der Waals surface area contributed by atoms with Gasteiger partial charge in [0.15, 0.2) is 0 Å². The lowest BCUT2D eigenvalue weighted by atomic mass is 10.4. The summed E-state index contributed by atoms with van der Waals surface area (Å²) in [5, 5.41) is 3.10. The number of hydrogen-bond donors (Lipinski definition) is 0. The van der Waals surface area contributed by atoms with Crippen LogP contribution < -0.4 is 0 Å². The van der Waals surface area contributed by atoms with Crippen LogP contribution >= 0.6 is 11.3 Å². The molecule has 4 nitrogen and oxygen atoms in total. The first-order chi connectivity index (χ1) is 10.1. The fraction of sp³-hybridized carbons (Fsp3) is 0.333. The van der Waals surface area contributed by atoms with Crippen LogP contribution in [-0.4, -0.2) is 24.3 Å². The van der Waals surface area contributed by atoms with Crippen LogP contribution in [0.15, 0.2) is 29.8 Å². The van der Waals surface area contributed by atoms with Gasteiger partial charge in [0.2, 0.25) is 0 Å². The van der Waals surface area contributed by atoms with Crippen molar-refractivity contribution in [2.45, 2.75) is 26.0 Å². The smallest absolute Gasteiger partial charge is 0.137 e. The Morgan fingerprint density at radius 3 is 2.81 bits per heavy atom. The second kappa shape index (κ2) is 6.07. The van der Waals surface area contributed by atoms with Gasteiger partial charge in [-0.25, -0.2) is 9.97 Å². The lowest BCUT2D eigenvalue weighted by Gasteiger charge is -1.98. The first-order valence-corrected chi connectivity index (χ1v) is 9.18. The summed E-state index contributed by atoms with van der Waals surface area (Å²) < 4.78 is 14.2. The third kappa shape index (κ3) is 3.39. The van der Waals surface area contributed by atoms with Crippen LogP contribution in [0.2, 0.25) is 0 Å². The molecule has 0 spiro atoms. The van der Waals surface area contributed by atoms with Crippen molar-refractivity contribution in [1.82, 2.24) is 14.4 Å². The zero-order valence-corrected chi connectivity index (χ0v) is 13.7. The maximum absolute atomic E-state index is 12.2. The summed E-state index contributed by atoms with van der Waals surface area (Å²) in [5.41, 5.74) is 3.97. The lowest BCUT2D eigenvalue weighted by molar-refractivity contribution is 0.681. The molecule has 0 N–H and O–H groups in total. The molecule has 0 aliphatic heterocycles. The lowest BCUT2D eigenvalue weighted by Crippen LogP contribution is -2.04. The van der Waals surface area contributed by atoms with Gasteiger partial charge in [-0.1, -0.05) is 6.07 Å². The predicted molar refractivity (Wildman–Crippen MR) is 87.2 cm³/mol. The fourth-order valence-corrected chi connectivity index (χ4v) is 3.94. The molecule has 110 valence electrons. The van der Waals surface area contributed by atoms with Crippen molar-refractivity contribution in [2.75, 3.05) is 5.75 Å². The third-order valence-electron chi connectivity index (χ3n) is 3.31. The Morgan fingerprint density at radius 1 is 1.24 bits per heavy atom. The molecular formula is C15H17N3OS2. The molecule has 0 saturated heterocycles. The van der Waals surface area contributed by atoms with Crippen molar-refractivity contribution in [3.8, 4) is 0 Å². The molecule has 0 saturated carbocycles. The highest BCUT2D eigenvalue weighted by Crippen LogP contribution is 2.12. The van der Waals surface area contributed by atoms with Gasteiger partial charge in [-0.2, -0.15) is 0 Å². The number of hydrogen-bond acceptors (Lipinski definition) is 4. The largest absolute Gasteiger partial charge is 0.304 e. The zero-order chi connectivity index (χ0) is 14.8. The molecular weight excluding hydrogens is 302 g/mol. The van der Waals surface area contributed by atoms with Gasteiger partial charge in [0.1, 0.15) is 5.65 Å². The number of nitrogens with zero attached hydrogens (tertiary/aromatic N) is 3. The van der Waals surface area contributed by atoms with Gasteiger partial charge in [-0.15, -0.1) is 11.3 Å². The van der Waals surface area contributed by atoms with Crippen LogP contribution in [0.3, 0.4) is 0 Å². The van der Waals surface area contributed by atoms with Gasteiger partial charge in [0.05, 0.1) is 22.1 Å². The molecule has 1 atom stereocenters. The van der Waals surface area contributed by atoms with Crippen LogP contribution in [-0.2, 0) is 23.0 Å². The van der Waals surface area contributed by atoms with Gasteiger partial charge < -0.3 is 4.40 Å². The Labute approximate surface area is 130 Å². The van der Waals surface area contributed by atoms with Crippen LogP contribution in [0.4, 0.5) is 0 Å².